The largest absolute Gasteiger partial charge is 0.485 e. The summed E-state index contributed by atoms with van der Waals surface area (Å²) in [4.78, 5) is 30.0. The predicted molar refractivity (Wildman–Crippen MR) is 119 cm³/mol. The van der Waals surface area contributed by atoms with Crippen LogP contribution >= 0.6 is 0 Å². The summed E-state index contributed by atoms with van der Waals surface area (Å²) < 4.78 is 27.9. The topological polar surface area (TPSA) is 90.7 Å². The number of hydrogen-bond donors (Lipinski definition) is 1. The standard InChI is InChI=1S/C25H25FN2O5/c1-14(33-21-5-3-2-4-18(21)25(30)31)19-12-16(26)13-20-22(19)27-23(15-8-10-32-11-9-15)28(24(20)29)17-6-7-17/h2-5,12-15,17H,6-11H2,1H3,(H,30,31)/t14-/m1/s1. The number of fused-ring (bicyclic) bond motifs is 1. The third kappa shape index (κ3) is 4.11. The Morgan fingerprint density at radius 2 is 1.94 bits per heavy atom. The Kier molecular flexibility index (Phi) is 5.62. The van der Waals surface area contributed by atoms with Crippen LogP contribution < -0.4 is 10.3 Å². The van der Waals surface area contributed by atoms with Crippen LogP contribution in [0.5, 0.6) is 5.75 Å². The van der Waals surface area contributed by atoms with Crippen LogP contribution in [0.3, 0.4) is 0 Å². The number of halogens is 1. The van der Waals surface area contributed by atoms with Gasteiger partial charge in [-0.15, -0.1) is 0 Å². The number of carboxylic acids is 1. The van der Waals surface area contributed by atoms with E-state index in [2.05, 4.69) is 0 Å². The molecule has 7 nitrogen and oxygen atoms in total. The van der Waals surface area contributed by atoms with Gasteiger partial charge in [0.05, 0.1) is 10.9 Å². The molecule has 2 fully saturated rings. The van der Waals surface area contributed by atoms with Gasteiger partial charge in [-0.3, -0.25) is 9.36 Å². The quantitative estimate of drug-likeness (QED) is 0.588. The minimum absolute atomic E-state index is 0.0111. The number of ether oxygens (including phenoxy) is 2. The van der Waals surface area contributed by atoms with E-state index in [1.807, 2.05) is 0 Å². The van der Waals surface area contributed by atoms with Gasteiger partial charge in [-0.1, -0.05) is 12.1 Å². The highest BCUT2D eigenvalue weighted by atomic mass is 19.1. The number of nitrogens with zero attached hydrogens (tertiary/aromatic N) is 2. The second-order valence-electron chi connectivity index (χ2n) is 8.72. The molecule has 0 bridgehead atoms. The Labute approximate surface area is 189 Å². The number of aromatic nitrogens is 2. The van der Waals surface area contributed by atoms with Crippen LogP contribution in [0.25, 0.3) is 10.9 Å². The maximum absolute atomic E-state index is 14.6. The number of hydrogen-bond acceptors (Lipinski definition) is 5. The van der Waals surface area contributed by atoms with Crippen molar-refractivity contribution in [3.63, 3.8) is 0 Å². The highest BCUT2D eigenvalue weighted by molar-refractivity contribution is 5.90. The van der Waals surface area contributed by atoms with E-state index < -0.39 is 17.9 Å². The van der Waals surface area contributed by atoms with Crippen LogP contribution in [0.4, 0.5) is 4.39 Å². The van der Waals surface area contributed by atoms with Crippen LogP contribution in [0.1, 0.15) is 72.4 Å². The molecule has 1 saturated heterocycles. The van der Waals surface area contributed by atoms with Gasteiger partial charge in [0.2, 0.25) is 0 Å². The fourth-order valence-corrected chi connectivity index (χ4v) is 4.55. The van der Waals surface area contributed by atoms with E-state index in [1.165, 1.54) is 18.2 Å². The zero-order valence-corrected chi connectivity index (χ0v) is 18.3. The monoisotopic (exact) mass is 452 g/mol. The SMILES string of the molecule is C[C@@H](Oc1ccccc1C(=O)O)c1cc(F)cc2c(=O)n(C3CC3)c(C3CCOCC3)nc12. The average molecular weight is 452 g/mol. The fourth-order valence-electron chi connectivity index (χ4n) is 4.55. The summed E-state index contributed by atoms with van der Waals surface area (Å²) in [7, 11) is 0. The summed E-state index contributed by atoms with van der Waals surface area (Å²) in [5, 5.41) is 9.68. The predicted octanol–water partition coefficient (Wildman–Crippen LogP) is 4.60. The smallest absolute Gasteiger partial charge is 0.339 e. The van der Waals surface area contributed by atoms with Gasteiger partial charge >= 0.3 is 5.97 Å². The molecule has 1 atom stereocenters. The summed E-state index contributed by atoms with van der Waals surface area (Å²) in [5.74, 6) is -0.679. The maximum Gasteiger partial charge on any atom is 0.339 e. The molecule has 1 N–H and O–H groups in total. The molecule has 33 heavy (non-hydrogen) atoms. The van der Waals surface area contributed by atoms with E-state index in [9.17, 15) is 19.1 Å². The van der Waals surface area contributed by atoms with E-state index in [-0.39, 0.29) is 34.2 Å². The first-order valence-electron chi connectivity index (χ1n) is 11.3. The summed E-state index contributed by atoms with van der Waals surface area (Å²) in [5.41, 5.74) is 0.596. The molecule has 1 saturated carbocycles. The molecule has 0 amide bonds. The van der Waals surface area contributed by atoms with Gasteiger partial charge < -0.3 is 14.6 Å². The van der Waals surface area contributed by atoms with Gasteiger partial charge in [0, 0.05) is 30.7 Å². The van der Waals surface area contributed by atoms with E-state index in [0.717, 1.165) is 31.5 Å². The molecule has 0 radical (unpaired) electrons. The van der Waals surface area contributed by atoms with E-state index in [0.29, 0.717) is 24.3 Å². The van der Waals surface area contributed by atoms with Gasteiger partial charge in [-0.05, 0) is 56.9 Å². The first-order chi connectivity index (χ1) is 15.9. The number of aromatic carboxylic acids is 1. The average Bonchev–Trinajstić information content (AvgIpc) is 3.65. The number of rotatable bonds is 6. The number of carbonyl (C=O) groups is 1. The fraction of sp³-hybridized carbons (Fsp3) is 0.400. The molecular weight excluding hydrogens is 427 g/mol. The van der Waals surface area contributed by atoms with E-state index in [4.69, 9.17) is 14.5 Å². The Bertz CT molecular complexity index is 1280. The first-order valence-corrected chi connectivity index (χ1v) is 11.3. The molecule has 0 spiro atoms. The van der Waals surface area contributed by atoms with Crippen molar-refractivity contribution >= 4 is 16.9 Å². The van der Waals surface area contributed by atoms with Gasteiger partial charge in [0.15, 0.2) is 0 Å². The lowest BCUT2D eigenvalue weighted by Gasteiger charge is -2.25. The molecule has 2 heterocycles. The van der Waals surface area contributed by atoms with Crippen LogP contribution in [-0.2, 0) is 4.74 Å². The molecule has 2 aromatic carbocycles. The molecule has 1 aliphatic carbocycles. The molecule has 172 valence electrons. The molecule has 1 aliphatic heterocycles. The maximum atomic E-state index is 14.6. The van der Waals surface area contributed by atoms with E-state index >= 15 is 0 Å². The van der Waals surface area contributed by atoms with Crippen molar-refractivity contribution in [2.45, 2.75) is 50.7 Å². The zero-order valence-electron chi connectivity index (χ0n) is 18.3. The van der Waals surface area contributed by atoms with Crippen molar-refractivity contribution < 1.29 is 23.8 Å². The lowest BCUT2D eigenvalue weighted by Crippen LogP contribution is -2.29. The third-order valence-electron chi connectivity index (χ3n) is 6.38. The normalized spacial score (nSPS) is 17.8. The molecule has 2 aliphatic rings. The Balaban J connectivity index is 1.64. The van der Waals surface area contributed by atoms with Gasteiger partial charge in [0.1, 0.15) is 29.1 Å². The Morgan fingerprint density at radius 3 is 2.64 bits per heavy atom. The molecular formula is C25H25FN2O5. The minimum atomic E-state index is -1.12. The summed E-state index contributed by atoms with van der Waals surface area (Å²) >= 11 is 0. The van der Waals surface area contributed by atoms with Gasteiger partial charge in [-0.25, -0.2) is 14.2 Å². The third-order valence-corrected chi connectivity index (χ3v) is 6.38. The summed E-state index contributed by atoms with van der Waals surface area (Å²) in [6, 6.07) is 8.95. The van der Waals surface area contributed by atoms with Gasteiger partial charge in [-0.2, -0.15) is 0 Å². The number of carboxylic acid groups (broad SMARTS) is 1. The number of para-hydroxylation sites is 1. The van der Waals surface area contributed by atoms with Crippen LogP contribution in [0, 0.1) is 5.82 Å². The molecule has 8 heteroatoms. The van der Waals surface area contributed by atoms with Crippen molar-refractivity contribution in [1.82, 2.24) is 9.55 Å². The van der Waals surface area contributed by atoms with Crippen molar-refractivity contribution in [1.29, 1.82) is 0 Å². The molecule has 1 aromatic heterocycles. The number of benzene rings is 2. The lowest BCUT2D eigenvalue weighted by atomic mass is 9.98. The lowest BCUT2D eigenvalue weighted by molar-refractivity contribution is 0.0689. The van der Waals surface area contributed by atoms with Crippen LogP contribution in [0.15, 0.2) is 41.2 Å². The molecule has 3 aromatic rings. The van der Waals surface area contributed by atoms with Crippen LogP contribution in [-0.4, -0.2) is 33.8 Å². The second kappa shape index (κ2) is 8.59. The highest BCUT2D eigenvalue weighted by Gasteiger charge is 2.32. The summed E-state index contributed by atoms with van der Waals surface area (Å²) in [6.07, 6.45) is 2.65. The first kappa shape index (κ1) is 21.6. The zero-order chi connectivity index (χ0) is 23.1. The highest BCUT2D eigenvalue weighted by Crippen LogP contribution is 2.39. The Hall–Kier alpha value is -3.26. The Morgan fingerprint density at radius 1 is 1.21 bits per heavy atom. The van der Waals surface area contributed by atoms with E-state index in [1.54, 1.807) is 29.7 Å². The van der Waals surface area contributed by atoms with Crippen molar-refractivity contribution in [3.8, 4) is 5.75 Å². The molecule has 5 rings (SSSR count). The minimum Gasteiger partial charge on any atom is -0.485 e. The second-order valence-corrected chi connectivity index (χ2v) is 8.72. The molecule has 0 unspecified atom stereocenters. The van der Waals surface area contributed by atoms with Crippen molar-refractivity contribution in [3.05, 3.63) is 69.5 Å². The van der Waals surface area contributed by atoms with Gasteiger partial charge in [0.25, 0.3) is 5.56 Å². The van der Waals surface area contributed by atoms with Crippen molar-refractivity contribution in [2.24, 2.45) is 0 Å². The van der Waals surface area contributed by atoms with Crippen LogP contribution in [0.2, 0.25) is 0 Å². The summed E-state index contributed by atoms with van der Waals surface area (Å²) in [6.45, 7) is 2.94. The van der Waals surface area contributed by atoms with Crippen molar-refractivity contribution in [2.75, 3.05) is 13.2 Å².